The SMILES string of the molecule is CCOC(=O)C1(Cc2cc(-c3ccccc3C)no2)CCCN(CC2CCOC2)C1. The predicted octanol–water partition coefficient (Wildman–Crippen LogP) is 3.87. The van der Waals surface area contributed by atoms with Crippen molar-refractivity contribution in [2.45, 2.75) is 39.5 Å². The number of hydrogen-bond acceptors (Lipinski definition) is 6. The highest BCUT2D eigenvalue weighted by Gasteiger charge is 2.45. The molecule has 2 aliphatic rings. The number of aromatic nitrogens is 1. The lowest BCUT2D eigenvalue weighted by Gasteiger charge is -2.41. The average molecular weight is 413 g/mol. The standard InChI is InChI=1S/C24H32N2O4/c1-3-29-23(27)24(10-6-11-26(17-24)15-19-9-12-28-16-19)14-20-13-22(25-30-20)21-8-5-4-7-18(21)2/h4-5,7-8,13,19H,3,6,9-12,14-17H2,1-2H3. The van der Waals surface area contributed by atoms with Gasteiger partial charge in [0.1, 0.15) is 11.5 Å². The number of nitrogens with zero attached hydrogens (tertiary/aromatic N) is 2. The van der Waals surface area contributed by atoms with Crippen LogP contribution in [0.25, 0.3) is 11.3 Å². The third-order valence-electron chi connectivity index (χ3n) is 6.40. The molecular formula is C24H32N2O4. The molecular weight excluding hydrogens is 380 g/mol. The molecule has 3 heterocycles. The molecule has 2 aliphatic heterocycles. The highest BCUT2D eigenvalue weighted by Crippen LogP contribution is 2.37. The largest absolute Gasteiger partial charge is 0.466 e. The summed E-state index contributed by atoms with van der Waals surface area (Å²) in [4.78, 5) is 15.5. The van der Waals surface area contributed by atoms with Gasteiger partial charge in [-0.2, -0.15) is 0 Å². The van der Waals surface area contributed by atoms with E-state index < -0.39 is 5.41 Å². The Morgan fingerprint density at radius 2 is 2.23 bits per heavy atom. The van der Waals surface area contributed by atoms with Crippen molar-refractivity contribution in [2.24, 2.45) is 11.3 Å². The smallest absolute Gasteiger partial charge is 0.313 e. The topological polar surface area (TPSA) is 64.8 Å². The van der Waals surface area contributed by atoms with Gasteiger partial charge in [0.15, 0.2) is 0 Å². The Morgan fingerprint density at radius 1 is 1.37 bits per heavy atom. The fraction of sp³-hybridized carbons (Fsp3) is 0.583. The van der Waals surface area contributed by atoms with Gasteiger partial charge >= 0.3 is 5.97 Å². The lowest BCUT2D eigenvalue weighted by Crippen LogP contribution is -2.50. The summed E-state index contributed by atoms with van der Waals surface area (Å²) in [7, 11) is 0. The Balaban J connectivity index is 1.53. The lowest BCUT2D eigenvalue weighted by atomic mass is 9.76. The summed E-state index contributed by atoms with van der Waals surface area (Å²) in [5.74, 6) is 1.18. The number of ether oxygens (including phenoxy) is 2. The molecule has 1 aromatic carbocycles. The molecule has 2 atom stereocenters. The fourth-order valence-electron chi connectivity index (χ4n) is 4.86. The van der Waals surface area contributed by atoms with Gasteiger partial charge in [-0.1, -0.05) is 29.4 Å². The fourth-order valence-corrected chi connectivity index (χ4v) is 4.86. The Morgan fingerprint density at radius 3 is 3.00 bits per heavy atom. The van der Waals surface area contributed by atoms with Crippen molar-refractivity contribution in [1.29, 1.82) is 0 Å². The van der Waals surface area contributed by atoms with E-state index in [0.717, 1.165) is 68.1 Å². The molecule has 0 saturated carbocycles. The number of carbonyl (C=O) groups excluding carboxylic acids is 1. The van der Waals surface area contributed by atoms with Crippen LogP contribution in [0.1, 0.15) is 37.5 Å². The second-order valence-electron chi connectivity index (χ2n) is 8.74. The van der Waals surface area contributed by atoms with Gasteiger partial charge in [0.25, 0.3) is 0 Å². The zero-order valence-electron chi connectivity index (χ0n) is 18.1. The molecule has 0 radical (unpaired) electrons. The van der Waals surface area contributed by atoms with E-state index in [1.807, 2.05) is 31.2 Å². The molecule has 4 rings (SSSR count). The van der Waals surface area contributed by atoms with Crippen LogP contribution < -0.4 is 0 Å². The van der Waals surface area contributed by atoms with Crippen LogP contribution >= 0.6 is 0 Å². The molecule has 0 bridgehead atoms. The Bertz CT molecular complexity index is 858. The van der Waals surface area contributed by atoms with Crippen molar-refractivity contribution in [3.05, 3.63) is 41.7 Å². The maximum atomic E-state index is 13.1. The summed E-state index contributed by atoms with van der Waals surface area (Å²) in [5.41, 5.74) is 2.44. The van der Waals surface area contributed by atoms with Gasteiger partial charge in [-0.05, 0) is 51.1 Å². The maximum Gasteiger partial charge on any atom is 0.313 e. The minimum absolute atomic E-state index is 0.119. The number of likely N-dealkylation sites (tertiary alicyclic amines) is 1. The molecule has 2 saturated heterocycles. The first kappa shape index (κ1) is 21.1. The summed E-state index contributed by atoms with van der Waals surface area (Å²) in [6, 6.07) is 10.1. The number of piperidine rings is 1. The van der Waals surface area contributed by atoms with E-state index in [4.69, 9.17) is 14.0 Å². The normalized spacial score (nSPS) is 24.8. The molecule has 162 valence electrons. The summed E-state index contributed by atoms with van der Waals surface area (Å²) < 4.78 is 16.8. The van der Waals surface area contributed by atoms with E-state index in [1.165, 1.54) is 0 Å². The third kappa shape index (κ3) is 4.60. The van der Waals surface area contributed by atoms with Crippen LogP contribution in [0.5, 0.6) is 0 Å². The summed E-state index contributed by atoms with van der Waals surface area (Å²) in [5, 5.41) is 4.29. The Labute approximate surface area is 178 Å². The minimum atomic E-state index is -0.587. The molecule has 2 unspecified atom stereocenters. The van der Waals surface area contributed by atoms with Gasteiger partial charge in [-0.15, -0.1) is 0 Å². The number of rotatable bonds is 7. The lowest BCUT2D eigenvalue weighted by molar-refractivity contribution is -0.159. The minimum Gasteiger partial charge on any atom is -0.466 e. The van der Waals surface area contributed by atoms with E-state index in [0.29, 0.717) is 25.5 Å². The van der Waals surface area contributed by atoms with E-state index >= 15 is 0 Å². The second-order valence-corrected chi connectivity index (χ2v) is 8.74. The van der Waals surface area contributed by atoms with Gasteiger partial charge in [0, 0.05) is 37.7 Å². The number of carbonyl (C=O) groups is 1. The first-order valence-corrected chi connectivity index (χ1v) is 11.1. The maximum absolute atomic E-state index is 13.1. The molecule has 30 heavy (non-hydrogen) atoms. The van der Waals surface area contributed by atoms with E-state index in [-0.39, 0.29) is 5.97 Å². The van der Waals surface area contributed by atoms with E-state index in [9.17, 15) is 4.79 Å². The van der Waals surface area contributed by atoms with Gasteiger partial charge in [0.2, 0.25) is 0 Å². The molecule has 1 aromatic heterocycles. The van der Waals surface area contributed by atoms with Crippen molar-refractivity contribution >= 4 is 5.97 Å². The highest BCUT2D eigenvalue weighted by atomic mass is 16.5. The molecule has 0 N–H and O–H groups in total. The van der Waals surface area contributed by atoms with Crippen molar-refractivity contribution in [1.82, 2.24) is 10.1 Å². The zero-order valence-corrected chi connectivity index (χ0v) is 18.1. The van der Waals surface area contributed by atoms with E-state index in [2.05, 4.69) is 23.0 Å². The monoisotopic (exact) mass is 412 g/mol. The van der Waals surface area contributed by atoms with Crippen LogP contribution in [0.3, 0.4) is 0 Å². The summed E-state index contributed by atoms with van der Waals surface area (Å²) >= 11 is 0. The molecule has 2 fully saturated rings. The predicted molar refractivity (Wildman–Crippen MR) is 114 cm³/mol. The number of benzene rings is 1. The van der Waals surface area contributed by atoms with Crippen molar-refractivity contribution in [2.75, 3.05) is 39.5 Å². The second kappa shape index (κ2) is 9.31. The Kier molecular flexibility index (Phi) is 6.54. The van der Waals surface area contributed by atoms with Crippen molar-refractivity contribution in [3.8, 4) is 11.3 Å². The van der Waals surface area contributed by atoms with Crippen LogP contribution in [-0.2, 0) is 20.7 Å². The van der Waals surface area contributed by atoms with Gasteiger partial charge in [-0.3, -0.25) is 4.79 Å². The highest BCUT2D eigenvalue weighted by molar-refractivity contribution is 5.78. The first-order valence-electron chi connectivity index (χ1n) is 11.1. The quantitative estimate of drug-likeness (QED) is 0.643. The molecule has 6 heteroatoms. The molecule has 0 aliphatic carbocycles. The zero-order chi connectivity index (χ0) is 21.0. The van der Waals surface area contributed by atoms with Gasteiger partial charge in [0.05, 0.1) is 18.6 Å². The van der Waals surface area contributed by atoms with Crippen LogP contribution in [0.4, 0.5) is 0 Å². The van der Waals surface area contributed by atoms with Crippen LogP contribution in [0.2, 0.25) is 0 Å². The molecule has 0 spiro atoms. The number of hydrogen-bond donors (Lipinski definition) is 0. The van der Waals surface area contributed by atoms with Crippen LogP contribution in [0.15, 0.2) is 34.9 Å². The van der Waals surface area contributed by atoms with Crippen molar-refractivity contribution < 1.29 is 18.8 Å². The number of esters is 1. The third-order valence-corrected chi connectivity index (χ3v) is 6.40. The van der Waals surface area contributed by atoms with Crippen LogP contribution in [0, 0.1) is 18.3 Å². The first-order chi connectivity index (χ1) is 14.6. The molecule has 0 amide bonds. The van der Waals surface area contributed by atoms with Gasteiger partial charge in [-0.25, -0.2) is 0 Å². The van der Waals surface area contributed by atoms with Crippen molar-refractivity contribution in [3.63, 3.8) is 0 Å². The number of aryl methyl sites for hydroxylation is 1. The molecule has 2 aromatic rings. The molecule has 6 nitrogen and oxygen atoms in total. The summed E-state index contributed by atoms with van der Waals surface area (Å²) in [6.07, 6.45) is 3.41. The average Bonchev–Trinajstić information content (AvgIpc) is 3.41. The van der Waals surface area contributed by atoms with E-state index in [1.54, 1.807) is 0 Å². The summed E-state index contributed by atoms with van der Waals surface area (Å²) in [6.45, 7) is 8.69. The Hall–Kier alpha value is -2.18. The van der Waals surface area contributed by atoms with Crippen LogP contribution in [-0.4, -0.2) is 55.5 Å². The van der Waals surface area contributed by atoms with Gasteiger partial charge < -0.3 is 18.9 Å².